The highest BCUT2D eigenvalue weighted by molar-refractivity contribution is 8.23. The number of phenolic OH excluding ortho intramolecular Hbond substituents is 1. The van der Waals surface area contributed by atoms with Crippen LogP contribution in [0.1, 0.15) is 24.5 Å². The lowest BCUT2D eigenvalue weighted by Gasteiger charge is -2.16. The van der Waals surface area contributed by atoms with Crippen molar-refractivity contribution in [3.63, 3.8) is 0 Å². The van der Waals surface area contributed by atoms with Crippen molar-refractivity contribution in [1.29, 1.82) is 0 Å². The van der Waals surface area contributed by atoms with Gasteiger partial charge in [0.2, 0.25) is 0 Å². The molecule has 0 aromatic heterocycles. The zero-order valence-corrected chi connectivity index (χ0v) is 15.0. The maximum Gasteiger partial charge on any atom is 0.127 e. The molecule has 1 aliphatic heterocycles. The topological polar surface area (TPSA) is 29.5 Å². The smallest absolute Gasteiger partial charge is 0.127 e. The zero-order chi connectivity index (χ0) is 16.2. The average Bonchev–Trinajstić information content (AvgIpc) is 2.59. The predicted molar refractivity (Wildman–Crippen MR) is 101 cm³/mol. The molecule has 23 heavy (non-hydrogen) atoms. The minimum Gasteiger partial charge on any atom is -0.508 e. The van der Waals surface area contributed by atoms with E-state index in [4.69, 9.17) is 4.74 Å². The standard InChI is InChI=1S/C19H20O2S2/c1-13-12-17(8-9-18(13)20)21-16-6-4-15(5-7-16)14(2)19-22-10-3-11-23-19/h4-9,12,20H,3,10-11H2,1-2H3. The molecule has 1 aliphatic rings. The Kier molecular flexibility index (Phi) is 5.23. The minimum absolute atomic E-state index is 0.289. The molecule has 4 heteroatoms. The first-order valence-corrected chi connectivity index (χ1v) is 9.65. The van der Waals surface area contributed by atoms with E-state index in [0.29, 0.717) is 0 Å². The first-order valence-electron chi connectivity index (χ1n) is 7.68. The van der Waals surface area contributed by atoms with Gasteiger partial charge in [-0.1, -0.05) is 12.1 Å². The number of thioether (sulfide) groups is 2. The van der Waals surface area contributed by atoms with Crippen LogP contribution in [-0.2, 0) is 0 Å². The van der Waals surface area contributed by atoms with E-state index >= 15 is 0 Å². The van der Waals surface area contributed by atoms with Crippen LogP contribution in [0.2, 0.25) is 0 Å². The van der Waals surface area contributed by atoms with E-state index in [9.17, 15) is 5.11 Å². The summed E-state index contributed by atoms with van der Waals surface area (Å²) in [6.45, 7) is 4.06. The Balaban J connectivity index is 1.75. The highest BCUT2D eigenvalue weighted by atomic mass is 32.2. The molecular formula is C19H20O2S2. The molecule has 2 nitrogen and oxygen atoms in total. The number of rotatable bonds is 3. The Morgan fingerprint density at radius 2 is 1.65 bits per heavy atom. The highest BCUT2D eigenvalue weighted by Gasteiger charge is 2.11. The lowest BCUT2D eigenvalue weighted by atomic mass is 10.1. The second-order valence-electron chi connectivity index (χ2n) is 5.54. The fourth-order valence-electron chi connectivity index (χ4n) is 2.37. The average molecular weight is 345 g/mol. The highest BCUT2D eigenvalue weighted by Crippen LogP contribution is 2.40. The van der Waals surface area contributed by atoms with Crippen LogP contribution in [-0.4, -0.2) is 16.6 Å². The molecule has 0 atom stereocenters. The summed E-state index contributed by atoms with van der Waals surface area (Å²) in [6.07, 6.45) is 1.30. The lowest BCUT2D eigenvalue weighted by molar-refractivity contribution is 0.460. The summed E-state index contributed by atoms with van der Waals surface area (Å²) in [4.78, 5) is 0. The summed E-state index contributed by atoms with van der Waals surface area (Å²) in [6, 6.07) is 13.5. The second-order valence-corrected chi connectivity index (χ2v) is 8.01. The Labute approximate surface area is 146 Å². The van der Waals surface area contributed by atoms with E-state index in [-0.39, 0.29) is 5.75 Å². The number of benzene rings is 2. The van der Waals surface area contributed by atoms with Crippen molar-refractivity contribution in [3.8, 4) is 17.2 Å². The SMILES string of the molecule is CC(=C1SCCCS1)c1ccc(Oc2ccc(O)c(C)c2)cc1. The van der Waals surface area contributed by atoms with Gasteiger partial charge in [0.1, 0.15) is 17.2 Å². The Bertz CT molecular complexity index is 713. The number of allylic oxidation sites excluding steroid dienone is 1. The third kappa shape index (κ3) is 4.06. The van der Waals surface area contributed by atoms with Gasteiger partial charge < -0.3 is 9.84 Å². The third-order valence-corrected chi connectivity index (χ3v) is 6.58. The lowest BCUT2D eigenvalue weighted by Crippen LogP contribution is -1.94. The van der Waals surface area contributed by atoms with Gasteiger partial charge in [0.05, 0.1) is 0 Å². The van der Waals surface area contributed by atoms with Gasteiger partial charge >= 0.3 is 0 Å². The quantitative estimate of drug-likeness (QED) is 0.734. The second kappa shape index (κ2) is 7.37. The molecule has 0 saturated carbocycles. The first-order chi connectivity index (χ1) is 11.1. The van der Waals surface area contributed by atoms with Crippen LogP contribution in [0, 0.1) is 6.92 Å². The van der Waals surface area contributed by atoms with Gasteiger partial charge in [0.25, 0.3) is 0 Å². The fraction of sp³-hybridized carbons (Fsp3) is 0.263. The van der Waals surface area contributed by atoms with E-state index < -0.39 is 0 Å². The van der Waals surface area contributed by atoms with Crippen LogP contribution in [0.5, 0.6) is 17.2 Å². The number of ether oxygens (including phenoxy) is 1. The van der Waals surface area contributed by atoms with Crippen molar-refractivity contribution in [2.75, 3.05) is 11.5 Å². The molecule has 0 aliphatic carbocycles. The van der Waals surface area contributed by atoms with Gasteiger partial charge in [-0.15, -0.1) is 23.5 Å². The van der Waals surface area contributed by atoms with Gasteiger partial charge in [0.15, 0.2) is 0 Å². The molecule has 0 bridgehead atoms. The van der Waals surface area contributed by atoms with Gasteiger partial charge in [-0.3, -0.25) is 0 Å². The molecule has 1 heterocycles. The molecule has 2 aromatic rings. The molecule has 2 aromatic carbocycles. The van der Waals surface area contributed by atoms with E-state index in [2.05, 4.69) is 19.1 Å². The van der Waals surface area contributed by atoms with Crippen LogP contribution in [0.25, 0.3) is 5.57 Å². The molecule has 0 amide bonds. The molecule has 0 radical (unpaired) electrons. The largest absolute Gasteiger partial charge is 0.508 e. The monoisotopic (exact) mass is 344 g/mol. The van der Waals surface area contributed by atoms with Crippen LogP contribution in [0.3, 0.4) is 0 Å². The van der Waals surface area contributed by atoms with Crippen molar-refractivity contribution in [3.05, 3.63) is 57.8 Å². The van der Waals surface area contributed by atoms with Crippen molar-refractivity contribution in [2.45, 2.75) is 20.3 Å². The number of aromatic hydroxyl groups is 1. The summed E-state index contributed by atoms with van der Waals surface area (Å²) in [7, 11) is 0. The summed E-state index contributed by atoms with van der Waals surface area (Å²) in [5.41, 5.74) is 3.41. The Morgan fingerprint density at radius 1 is 1.00 bits per heavy atom. The van der Waals surface area contributed by atoms with Crippen LogP contribution < -0.4 is 4.74 Å². The normalized spacial score (nSPS) is 14.6. The molecular weight excluding hydrogens is 324 g/mol. The molecule has 120 valence electrons. The summed E-state index contributed by atoms with van der Waals surface area (Å²) in [5, 5.41) is 9.57. The maximum atomic E-state index is 9.57. The van der Waals surface area contributed by atoms with E-state index in [1.54, 1.807) is 12.1 Å². The summed E-state index contributed by atoms with van der Waals surface area (Å²) < 4.78 is 7.30. The summed E-state index contributed by atoms with van der Waals surface area (Å²) in [5.74, 6) is 4.28. The number of hydrogen-bond donors (Lipinski definition) is 1. The van der Waals surface area contributed by atoms with Crippen LogP contribution in [0.15, 0.2) is 46.7 Å². The zero-order valence-electron chi connectivity index (χ0n) is 13.3. The van der Waals surface area contributed by atoms with Gasteiger partial charge in [0, 0.05) is 4.24 Å². The molecule has 0 spiro atoms. The first kappa shape index (κ1) is 16.3. The van der Waals surface area contributed by atoms with Crippen LogP contribution in [0.4, 0.5) is 0 Å². The summed E-state index contributed by atoms with van der Waals surface area (Å²) >= 11 is 3.93. The number of hydrogen-bond acceptors (Lipinski definition) is 4. The molecule has 3 rings (SSSR count). The Morgan fingerprint density at radius 3 is 2.30 bits per heavy atom. The number of phenols is 1. The predicted octanol–water partition coefficient (Wildman–Crippen LogP) is 6.05. The molecule has 1 N–H and O–H groups in total. The maximum absolute atomic E-state index is 9.57. The van der Waals surface area contributed by atoms with E-state index in [1.165, 1.54) is 33.3 Å². The van der Waals surface area contributed by atoms with Crippen molar-refractivity contribution < 1.29 is 9.84 Å². The molecule has 1 fully saturated rings. The Hall–Kier alpha value is -1.52. The fourth-order valence-corrected chi connectivity index (χ4v) is 5.00. The molecule has 0 unspecified atom stereocenters. The van der Waals surface area contributed by atoms with Crippen LogP contribution >= 0.6 is 23.5 Å². The molecule has 1 saturated heterocycles. The number of aryl methyl sites for hydroxylation is 1. The van der Waals surface area contributed by atoms with Gasteiger partial charge in [-0.2, -0.15) is 0 Å². The third-order valence-electron chi connectivity index (χ3n) is 3.75. The van der Waals surface area contributed by atoms with Gasteiger partial charge in [-0.05, 0) is 78.8 Å². The minimum atomic E-state index is 0.289. The van der Waals surface area contributed by atoms with Gasteiger partial charge in [-0.25, -0.2) is 0 Å². The van der Waals surface area contributed by atoms with Crippen molar-refractivity contribution in [2.24, 2.45) is 0 Å². The van der Waals surface area contributed by atoms with E-state index in [1.807, 2.05) is 48.6 Å². The van der Waals surface area contributed by atoms with Crippen molar-refractivity contribution >= 4 is 29.1 Å². The van der Waals surface area contributed by atoms with Crippen molar-refractivity contribution in [1.82, 2.24) is 0 Å². The van der Waals surface area contributed by atoms with E-state index in [0.717, 1.165) is 17.1 Å².